The van der Waals surface area contributed by atoms with Gasteiger partial charge in [0.15, 0.2) is 23.3 Å². The number of halogens is 3. The van der Waals surface area contributed by atoms with Crippen LogP contribution in [0.15, 0.2) is 12.1 Å². The maximum atomic E-state index is 13.3. The summed E-state index contributed by atoms with van der Waals surface area (Å²) in [6, 6.07) is 1.64. The molecule has 1 N–H and O–H groups in total. The fourth-order valence-electron chi connectivity index (χ4n) is 2.43. The van der Waals surface area contributed by atoms with Crippen molar-refractivity contribution in [1.82, 2.24) is 14.8 Å². The van der Waals surface area contributed by atoms with Gasteiger partial charge in [0, 0.05) is 18.5 Å². The average molecular weight is 297 g/mol. The first kappa shape index (κ1) is 13.6. The summed E-state index contributed by atoms with van der Waals surface area (Å²) in [4.78, 5) is 11.1. The lowest BCUT2D eigenvalue weighted by atomic mass is 9.99. The van der Waals surface area contributed by atoms with Gasteiger partial charge in [-0.1, -0.05) is 0 Å². The normalized spacial score (nSPS) is 17.6. The molecule has 0 saturated heterocycles. The summed E-state index contributed by atoms with van der Waals surface area (Å²) in [5.74, 6) is -5.08. The van der Waals surface area contributed by atoms with Crippen LogP contribution < -0.4 is 0 Å². The average Bonchev–Trinajstić information content (AvgIpc) is 2.87. The number of hydrogen-bond acceptors (Lipinski definition) is 3. The Hall–Kier alpha value is -2.38. The van der Waals surface area contributed by atoms with E-state index in [0.29, 0.717) is 18.7 Å². The number of nitrogens with zero attached hydrogens (tertiary/aromatic N) is 3. The lowest BCUT2D eigenvalue weighted by Crippen LogP contribution is -2.27. The molecule has 5 nitrogen and oxygen atoms in total. The lowest BCUT2D eigenvalue weighted by molar-refractivity contribution is -0.142. The number of aryl methyl sites for hydroxylation is 1. The first-order valence-corrected chi connectivity index (χ1v) is 6.27. The number of carboxylic acids is 1. The molecule has 1 unspecified atom stereocenters. The van der Waals surface area contributed by atoms with Crippen molar-refractivity contribution < 1.29 is 23.1 Å². The number of carbonyl (C=O) groups is 1. The van der Waals surface area contributed by atoms with E-state index in [4.69, 9.17) is 5.11 Å². The first-order valence-electron chi connectivity index (χ1n) is 6.27. The van der Waals surface area contributed by atoms with Gasteiger partial charge >= 0.3 is 5.97 Å². The Balaban J connectivity index is 2.06. The Morgan fingerprint density at radius 2 is 1.90 bits per heavy atom. The Morgan fingerprint density at radius 3 is 2.52 bits per heavy atom. The van der Waals surface area contributed by atoms with Crippen molar-refractivity contribution in [2.24, 2.45) is 5.92 Å². The molecular weight excluding hydrogens is 287 g/mol. The number of fused-ring (bicyclic) bond motifs is 1. The SMILES string of the molecule is O=C(O)C1CCc2nnc(-c3cc(F)c(F)c(F)c3)n2C1. The molecule has 21 heavy (non-hydrogen) atoms. The van der Waals surface area contributed by atoms with Gasteiger partial charge in [0.1, 0.15) is 5.82 Å². The zero-order valence-corrected chi connectivity index (χ0v) is 10.7. The summed E-state index contributed by atoms with van der Waals surface area (Å²) < 4.78 is 41.1. The summed E-state index contributed by atoms with van der Waals surface area (Å²) in [6.07, 6.45) is 0.843. The minimum atomic E-state index is -1.56. The zero-order chi connectivity index (χ0) is 15.1. The lowest BCUT2D eigenvalue weighted by Gasteiger charge is -2.21. The van der Waals surface area contributed by atoms with Gasteiger partial charge in [-0.25, -0.2) is 13.2 Å². The molecular formula is C13H10F3N3O2. The van der Waals surface area contributed by atoms with Gasteiger partial charge in [0.05, 0.1) is 5.92 Å². The third-order valence-corrected chi connectivity index (χ3v) is 3.54. The molecule has 8 heteroatoms. The second kappa shape index (κ2) is 4.87. The van der Waals surface area contributed by atoms with Crippen molar-refractivity contribution in [1.29, 1.82) is 0 Å². The third kappa shape index (κ3) is 2.26. The molecule has 0 spiro atoms. The van der Waals surface area contributed by atoms with E-state index in [0.717, 1.165) is 12.1 Å². The van der Waals surface area contributed by atoms with Gasteiger partial charge in [-0.15, -0.1) is 10.2 Å². The quantitative estimate of drug-likeness (QED) is 0.861. The maximum Gasteiger partial charge on any atom is 0.308 e. The van der Waals surface area contributed by atoms with Crippen LogP contribution in [0.25, 0.3) is 11.4 Å². The monoisotopic (exact) mass is 297 g/mol. The van der Waals surface area contributed by atoms with Crippen LogP contribution in [0.5, 0.6) is 0 Å². The van der Waals surface area contributed by atoms with Gasteiger partial charge in [0.2, 0.25) is 0 Å². The van der Waals surface area contributed by atoms with Gasteiger partial charge in [-0.05, 0) is 18.6 Å². The Bertz CT molecular complexity index is 706. The summed E-state index contributed by atoms with van der Waals surface area (Å²) in [5, 5.41) is 16.8. The molecule has 0 fully saturated rings. The first-order chi connectivity index (χ1) is 9.97. The molecule has 0 amide bonds. The minimum Gasteiger partial charge on any atom is -0.481 e. The predicted octanol–water partition coefficient (Wildman–Crippen LogP) is 2.01. The van der Waals surface area contributed by atoms with E-state index in [1.54, 1.807) is 0 Å². The molecule has 1 aliphatic rings. The summed E-state index contributed by atoms with van der Waals surface area (Å²) in [6.45, 7) is 0.119. The van der Waals surface area contributed by atoms with Crippen LogP contribution in [0, 0.1) is 23.4 Å². The van der Waals surface area contributed by atoms with E-state index in [1.165, 1.54) is 4.57 Å². The molecule has 0 saturated carbocycles. The number of benzene rings is 1. The second-order valence-electron chi connectivity index (χ2n) is 4.88. The fraction of sp³-hybridized carbons (Fsp3) is 0.308. The number of rotatable bonds is 2. The fourth-order valence-corrected chi connectivity index (χ4v) is 2.43. The Morgan fingerprint density at radius 1 is 1.24 bits per heavy atom. The maximum absolute atomic E-state index is 13.3. The molecule has 3 rings (SSSR count). The summed E-state index contributed by atoms with van der Waals surface area (Å²) >= 11 is 0. The van der Waals surface area contributed by atoms with Crippen molar-refractivity contribution in [3.8, 4) is 11.4 Å². The molecule has 2 aromatic rings. The number of carboxylic acid groups (broad SMARTS) is 1. The number of aromatic nitrogens is 3. The van der Waals surface area contributed by atoms with Crippen LogP contribution in [0.4, 0.5) is 13.2 Å². The smallest absolute Gasteiger partial charge is 0.308 e. The summed E-state index contributed by atoms with van der Waals surface area (Å²) in [7, 11) is 0. The highest BCUT2D eigenvalue weighted by atomic mass is 19.2. The molecule has 1 aromatic carbocycles. The van der Waals surface area contributed by atoms with Crippen molar-refractivity contribution in [3.05, 3.63) is 35.4 Å². The van der Waals surface area contributed by atoms with E-state index in [9.17, 15) is 18.0 Å². The van der Waals surface area contributed by atoms with Crippen molar-refractivity contribution >= 4 is 5.97 Å². The highest BCUT2D eigenvalue weighted by molar-refractivity contribution is 5.70. The highest BCUT2D eigenvalue weighted by Crippen LogP contribution is 2.27. The Kier molecular flexibility index (Phi) is 3.15. The van der Waals surface area contributed by atoms with Crippen molar-refractivity contribution in [2.45, 2.75) is 19.4 Å². The largest absolute Gasteiger partial charge is 0.481 e. The molecule has 2 heterocycles. The zero-order valence-electron chi connectivity index (χ0n) is 10.7. The standard InChI is InChI=1S/C13H10F3N3O2/c14-8-3-7(4-9(15)11(8)16)12-18-17-10-2-1-6(13(20)21)5-19(10)12/h3-4,6H,1-2,5H2,(H,20,21). The molecule has 0 aliphatic carbocycles. The van der Waals surface area contributed by atoms with Crippen LogP contribution in [-0.4, -0.2) is 25.8 Å². The van der Waals surface area contributed by atoms with Crippen LogP contribution >= 0.6 is 0 Å². The third-order valence-electron chi connectivity index (χ3n) is 3.54. The van der Waals surface area contributed by atoms with Gasteiger partial charge in [-0.2, -0.15) is 0 Å². The highest BCUT2D eigenvalue weighted by Gasteiger charge is 2.28. The molecule has 0 radical (unpaired) electrons. The van der Waals surface area contributed by atoms with Gasteiger partial charge in [-0.3, -0.25) is 4.79 Å². The van der Waals surface area contributed by atoms with Crippen LogP contribution in [-0.2, 0) is 17.8 Å². The topological polar surface area (TPSA) is 68.0 Å². The number of hydrogen-bond donors (Lipinski definition) is 1. The van der Waals surface area contributed by atoms with Crippen molar-refractivity contribution in [3.63, 3.8) is 0 Å². The van der Waals surface area contributed by atoms with Crippen LogP contribution in [0.3, 0.4) is 0 Å². The summed E-state index contributed by atoms with van der Waals surface area (Å²) in [5.41, 5.74) is 0.0242. The van der Waals surface area contributed by atoms with E-state index < -0.39 is 29.3 Å². The Labute approximate surface area is 117 Å². The van der Waals surface area contributed by atoms with Crippen molar-refractivity contribution in [2.75, 3.05) is 0 Å². The molecule has 0 bridgehead atoms. The van der Waals surface area contributed by atoms with Gasteiger partial charge < -0.3 is 9.67 Å². The van der Waals surface area contributed by atoms with E-state index in [2.05, 4.69) is 10.2 Å². The molecule has 1 aliphatic heterocycles. The van der Waals surface area contributed by atoms with E-state index in [1.807, 2.05) is 0 Å². The molecule has 1 atom stereocenters. The molecule has 1 aromatic heterocycles. The number of aliphatic carboxylic acids is 1. The van der Waals surface area contributed by atoms with E-state index >= 15 is 0 Å². The van der Waals surface area contributed by atoms with E-state index in [-0.39, 0.29) is 17.9 Å². The van der Waals surface area contributed by atoms with Gasteiger partial charge in [0.25, 0.3) is 0 Å². The minimum absolute atomic E-state index is 0.0242. The second-order valence-corrected chi connectivity index (χ2v) is 4.88. The predicted molar refractivity (Wildman–Crippen MR) is 64.8 cm³/mol. The van der Waals surface area contributed by atoms with Crippen LogP contribution in [0.2, 0.25) is 0 Å². The molecule has 110 valence electrons. The van der Waals surface area contributed by atoms with Crippen LogP contribution in [0.1, 0.15) is 12.2 Å².